The van der Waals surface area contributed by atoms with E-state index in [1.54, 1.807) is 0 Å². The Balaban J connectivity index is 2.66. The number of ether oxygens (including phenoxy) is 2. The van der Waals surface area contributed by atoms with Gasteiger partial charge in [0, 0.05) is 0 Å². The maximum Gasteiger partial charge on any atom is 0.164 e. The van der Waals surface area contributed by atoms with Gasteiger partial charge in [-0.3, -0.25) is 4.79 Å². The summed E-state index contributed by atoms with van der Waals surface area (Å²) in [6.45, 7) is 6.99. The monoisotopic (exact) mass is 158 g/mol. The molecule has 1 heterocycles. The lowest BCUT2D eigenvalue weighted by molar-refractivity contribution is -0.153. The zero-order valence-electron chi connectivity index (χ0n) is 7.38. The molecule has 0 unspecified atom stereocenters. The lowest BCUT2D eigenvalue weighted by atomic mass is 10.2. The number of hydrogen-bond acceptors (Lipinski definition) is 3. The molecule has 0 bridgehead atoms. The van der Waals surface area contributed by atoms with Crippen LogP contribution >= 0.6 is 0 Å². The molecule has 2 atom stereocenters. The summed E-state index contributed by atoms with van der Waals surface area (Å²) < 4.78 is 10.7. The first-order chi connectivity index (χ1) is 4.92. The van der Waals surface area contributed by atoms with Crippen LogP contribution in [0.4, 0.5) is 0 Å². The number of hydrogen-bond donors (Lipinski definition) is 0. The van der Waals surface area contributed by atoms with E-state index < -0.39 is 5.79 Å². The third kappa shape index (κ3) is 1.79. The summed E-state index contributed by atoms with van der Waals surface area (Å²) in [7, 11) is 0. The van der Waals surface area contributed by atoms with Crippen LogP contribution in [0.15, 0.2) is 0 Å². The molecule has 0 aromatic carbocycles. The lowest BCUT2D eigenvalue weighted by Crippen LogP contribution is -2.27. The first kappa shape index (κ1) is 8.68. The summed E-state index contributed by atoms with van der Waals surface area (Å²) >= 11 is 0. The first-order valence-electron chi connectivity index (χ1n) is 3.78. The highest BCUT2D eigenvalue weighted by Gasteiger charge is 2.40. The van der Waals surface area contributed by atoms with Crippen molar-refractivity contribution < 1.29 is 14.3 Å². The zero-order chi connectivity index (χ0) is 8.65. The van der Waals surface area contributed by atoms with Crippen LogP contribution in [-0.2, 0) is 14.3 Å². The molecule has 0 spiro atoms. The fraction of sp³-hybridized carbons (Fsp3) is 0.875. The van der Waals surface area contributed by atoms with Crippen molar-refractivity contribution in [3.05, 3.63) is 0 Å². The SMILES string of the molecule is CC(=O)[C@H]1OC(C)(C)O[C@@H]1C. The molecule has 1 aliphatic rings. The fourth-order valence-electron chi connectivity index (χ4n) is 1.35. The van der Waals surface area contributed by atoms with Crippen LogP contribution in [0.2, 0.25) is 0 Å². The third-order valence-corrected chi connectivity index (χ3v) is 1.71. The van der Waals surface area contributed by atoms with Crippen molar-refractivity contribution in [2.24, 2.45) is 0 Å². The normalized spacial score (nSPS) is 35.6. The van der Waals surface area contributed by atoms with Crippen LogP contribution < -0.4 is 0 Å². The van der Waals surface area contributed by atoms with Crippen LogP contribution in [-0.4, -0.2) is 23.8 Å². The Morgan fingerprint density at radius 2 is 1.91 bits per heavy atom. The molecule has 1 rings (SSSR count). The highest BCUT2D eigenvalue weighted by atomic mass is 16.8. The molecule has 1 fully saturated rings. The minimum absolute atomic E-state index is 0.0306. The van der Waals surface area contributed by atoms with E-state index in [1.165, 1.54) is 6.92 Å². The predicted molar refractivity (Wildman–Crippen MR) is 40.2 cm³/mol. The van der Waals surface area contributed by atoms with Crippen molar-refractivity contribution in [1.82, 2.24) is 0 Å². The summed E-state index contributed by atoms with van der Waals surface area (Å²) in [5.41, 5.74) is 0. The molecular weight excluding hydrogens is 144 g/mol. The van der Waals surface area contributed by atoms with E-state index in [1.807, 2.05) is 20.8 Å². The molecule has 0 amide bonds. The molecule has 0 N–H and O–H groups in total. The molecule has 3 heteroatoms. The average Bonchev–Trinajstić information content (AvgIpc) is 2.05. The second kappa shape index (κ2) is 2.57. The Hall–Kier alpha value is -0.410. The van der Waals surface area contributed by atoms with Crippen LogP contribution in [0.3, 0.4) is 0 Å². The highest BCUT2D eigenvalue weighted by Crippen LogP contribution is 2.27. The van der Waals surface area contributed by atoms with E-state index >= 15 is 0 Å². The second-order valence-corrected chi connectivity index (χ2v) is 3.37. The number of ketones is 1. The quantitative estimate of drug-likeness (QED) is 0.573. The highest BCUT2D eigenvalue weighted by molar-refractivity contribution is 5.81. The molecule has 1 saturated heterocycles. The van der Waals surface area contributed by atoms with E-state index in [9.17, 15) is 4.79 Å². The van der Waals surface area contributed by atoms with Gasteiger partial charge in [0.1, 0.15) is 6.10 Å². The van der Waals surface area contributed by atoms with Crippen molar-refractivity contribution in [3.63, 3.8) is 0 Å². The van der Waals surface area contributed by atoms with Crippen LogP contribution in [0.25, 0.3) is 0 Å². The summed E-state index contributed by atoms with van der Waals surface area (Å²) in [5.74, 6) is -0.571. The Labute approximate surface area is 66.7 Å². The molecular formula is C8H14O3. The van der Waals surface area contributed by atoms with Crippen LogP contribution in [0, 0.1) is 0 Å². The van der Waals surface area contributed by atoms with E-state index in [-0.39, 0.29) is 18.0 Å². The Bertz CT molecular complexity index is 174. The van der Waals surface area contributed by atoms with E-state index in [0.29, 0.717) is 0 Å². The Kier molecular flexibility index (Phi) is 2.03. The molecule has 3 nitrogen and oxygen atoms in total. The molecule has 64 valence electrons. The van der Waals surface area contributed by atoms with Gasteiger partial charge in [-0.1, -0.05) is 0 Å². The van der Waals surface area contributed by atoms with E-state index in [2.05, 4.69) is 0 Å². The first-order valence-corrected chi connectivity index (χ1v) is 3.78. The maximum absolute atomic E-state index is 10.9. The number of carbonyl (C=O) groups is 1. The maximum atomic E-state index is 10.9. The van der Waals surface area contributed by atoms with Gasteiger partial charge in [0.25, 0.3) is 0 Å². The molecule has 0 radical (unpaired) electrons. The van der Waals surface area contributed by atoms with Crippen molar-refractivity contribution in [3.8, 4) is 0 Å². The van der Waals surface area contributed by atoms with E-state index in [4.69, 9.17) is 9.47 Å². The third-order valence-electron chi connectivity index (χ3n) is 1.71. The van der Waals surface area contributed by atoms with Crippen LogP contribution in [0.5, 0.6) is 0 Å². The van der Waals surface area contributed by atoms with Gasteiger partial charge in [-0.2, -0.15) is 0 Å². The van der Waals surface area contributed by atoms with Gasteiger partial charge in [-0.15, -0.1) is 0 Å². The summed E-state index contributed by atoms with van der Waals surface area (Å²) in [6, 6.07) is 0. The van der Waals surface area contributed by atoms with Crippen LogP contribution in [0.1, 0.15) is 27.7 Å². The van der Waals surface area contributed by atoms with Crippen molar-refractivity contribution in [2.75, 3.05) is 0 Å². The number of rotatable bonds is 1. The van der Waals surface area contributed by atoms with Gasteiger partial charge >= 0.3 is 0 Å². The molecule has 1 aliphatic heterocycles. The predicted octanol–water partition coefficient (Wildman–Crippen LogP) is 1.12. The Morgan fingerprint density at radius 3 is 2.09 bits per heavy atom. The fourth-order valence-corrected chi connectivity index (χ4v) is 1.35. The minimum atomic E-state index is -0.601. The van der Waals surface area contributed by atoms with Crippen molar-refractivity contribution in [1.29, 1.82) is 0 Å². The smallest absolute Gasteiger partial charge is 0.164 e. The second-order valence-electron chi connectivity index (χ2n) is 3.37. The van der Waals surface area contributed by atoms with E-state index in [0.717, 1.165) is 0 Å². The van der Waals surface area contributed by atoms with Gasteiger partial charge in [-0.05, 0) is 27.7 Å². The molecule has 11 heavy (non-hydrogen) atoms. The summed E-state index contributed by atoms with van der Waals surface area (Å²) in [4.78, 5) is 10.9. The molecule has 0 aromatic heterocycles. The van der Waals surface area contributed by atoms with Gasteiger partial charge in [0.15, 0.2) is 11.6 Å². The largest absolute Gasteiger partial charge is 0.344 e. The molecule has 0 aliphatic carbocycles. The topological polar surface area (TPSA) is 35.5 Å². The van der Waals surface area contributed by atoms with Gasteiger partial charge in [0.2, 0.25) is 0 Å². The van der Waals surface area contributed by atoms with Gasteiger partial charge in [0.05, 0.1) is 6.10 Å². The number of Topliss-reactive ketones (excluding diaryl/α,β-unsaturated/α-hetero) is 1. The van der Waals surface area contributed by atoms with Crippen molar-refractivity contribution in [2.45, 2.75) is 45.7 Å². The summed E-state index contributed by atoms with van der Waals surface area (Å²) in [5, 5.41) is 0. The molecule has 0 saturated carbocycles. The molecule has 0 aromatic rings. The van der Waals surface area contributed by atoms with Gasteiger partial charge in [-0.25, -0.2) is 0 Å². The van der Waals surface area contributed by atoms with Crippen molar-refractivity contribution >= 4 is 5.78 Å². The summed E-state index contributed by atoms with van der Waals surface area (Å²) in [6.07, 6.45) is -0.507. The van der Waals surface area contributed by atoms with Gasteiger partial charge < -0.3 is 9.47 Å². The number of carbonyl (C=O) groups excluding carboxylic acids is 1. The zero-order valence-corrected chi connectivity index (χ0v) is 7.38. The lowest BCUT2D eigenvalue weighted by Gasteiger charge is -2.15. The standard InChI is InChI=1S/C8H14O3/c1-5(9)7-6(2)10-8(3,4)11-7/h6-7H,1-4H3/t6-,7-/m1/s1. The average molecular weight is 158 g/mol. The Morgan fingerprint density at radius 1 is 1.36 bits per heavy atom. The minimum Gasteiger partial charge on any atom is -0.344 e.